The van der Waals surface area contributed by atoms with Crippen LogP contribution >= 0.6 is 23.2 Å². The van der Waals surface area contributed by atoms with Crippen LogP contribution in [0.15, 0.2) is 53.9 Å². The van der Waals surface area contributed by atoms with Gasteiger partial charge in [-0.3, -0.25) is 10.1 Å². The summed E-state index contributed by atoms with van der Waals surface area (Å²) in [5.74, 6) is 0.451. The third kappa shape index (κ3) is 4.39. The first-order chi connectivity index (χ1) is 14.5. The second-order valence-electron chi connectivity index (χ2n) is 6.53. The second kappa shape index (κ2) is 8.73. The van der Waals surface area contributed by atoms with Crippen LogP contribution in [0.2, 0.25) is 10.0 Å². The molecule has 0 fully saturated rings. The number of nitrogens with one attached hydrogen (secondary N) is 1. The quantitative estimate of drug-likeness (QED) is 0.623. The number of rotatable bonds is 6. The molecule has 1 N–H and O–H groups in total. The molecular weight excluding hydrogens is 429 g/mol. The fraction of sp³-hybridized carbons (Fsp3) is 0.200. The zero-order valence-corrected chi connectivity index (χ0v) is 17.4. The SMILES string of the molecule is COc1ccccc1C1=NOC(C(=O)Nc2ncn(Cc3ccc(Cl)cc3Cl)n2)C1. The molecule has 0 bridgehead atoms. The Kier molecular flexibility index (Phi) is 5.87. The van der Waals surface area contributed by atoms with Gasteiger partial charge in [0.2, 0.25) is 12.1 Å². The van der Waals surface area contributed by atoms with Gasteiger partial charge in [-0.2, -0.15) is 0 Å². The standard InChI is InChI=1S/C20H17Cl2N5O3/c1-29-17-5-3-2-4-14(17)16-9-18(30-26-16)19(28)24-20-23-11-27(25-20)10-12-6-7-13(21)8-15(12)22/h2-8,11,18H,9-10H2,1H3,(H,24,25,28). The van der Waals surface area contributed by atoms with E-state index in [9.17, 15) is 4.79 Å². The zero-order valence-electron chi connectivity index (χ0n) is 15.9. The van der Waals surface area contributed by atoms with Crippen LogP contribution in [-0.2, 0) is 16.2 Å². The van der Waals surface area contributed by atoms with Gasteiger partial charge in [-0.25, -0.2) is 9.67 Å². The summed E-state index contributed by atoms with van der Waals surface area (Å²) in [6, 6.07) is 12.7. The van der Waals surface area contributed by atoms with Crippen molar-refractivity contribution in [3.8, 4) is 5.75 Å². The summed E-state index contributed by atoms with van der Waals surface area (Å²) in [4.78, 5) is 22.0. The number of methoxy groups -OCH3 is 1. The molecule has 0 aliphatic carbocycles. The van der Waals surface area contributed by atoms with Gasteiger partial charge in [-0.05, 0) is 29.8 Å². The summed E-state index contributed by atoms with van der Waals surface area (Å²) in [6.45, 7) is 0.389. The van der Waals surface area contributed by atoms with Gasteiger partial charge in [0.25, 0.3) is 5.91 Å². The number of hydrogen-bond donors (Lipinski definition) is 1. The number of anilines is 1. The van der Waals surface area contributed by atoms with Gasteiger partial charge in [-0.15, -0.1) is 5.10 Å². The number of aromatic nitrogens is 3. The van der Waals surface area contributed by atoms with E-state index in [0.29, 0.717) is 34.5 Å². The van der Waals surface area contributed by atoms with E-state index in [-0.39, 0.29) is 11.9 Å². The lowest BCUT2D eigenvalue weighted by Crippen LogP contribution is -2.28. The van der Waals surface area contributed by atoms with E-state index in [1.165, 1.54) is 6.33 Å². The number of halogens is 2. The number of carbonyl (C=O) groups excluding carboxylic acids is 1. The molecule has 1 aliphatic rings. The van der Waals surface area contributed by atoms with Crippen LogP contribution < -0.4 is 10.1 Å². The molecule has 154 valence electrons. The van der Waals surface area contributed by atoms with Gasteiger partial charge >= 0.3 is 0 Å². The summed E-state index contributed by atoms with van der Waals surface area (Å²) in [5, 5.41) is 12.0. The third-order valence-corrected chi connectivity index (χ3v) is 5.09. The Balaban J connectivity index is 1.37. The molecule has 3 aromatic rings. The maximum atomic E-state index is 12.5. The van der Waals surface area contributed by atoms with Crippen molar-refractivity contribution in [1.82, 2.24) is 14.8 Å². The molecule has 0 saturated heterocycles. The molecule has 1 unspecified atom stereocenters. The normalized spacial score (nSPS) is 15.4. The molecule has 4 rings (SSSR count). The van der Waals surface area contributed by atoms with Gasteiger partial charge in [0.15, 0.2) is 0 Å². The monoisotopic (exact) mass is 445 g/mol. The number of ether oxygens (including phenoxy) is 1. The molecule has 8 nitrogen and oxygen atoms in total. The lowest BCUT2D eigenvalue weighted by atomic mass is 10.0. The van der Waals surface area contributed by atoms with Crippen LogP contribution in [0.5, 0.6) is 5.75 Å². The van der Waals surface area contributed by atoms with Crippen LogP contribution in [0.1, 0.15) is 17.5 Å². The number of carbonyl (C=O) groups is 1. The zero-order chi connectivity index (χ0) is 21.1. The Morgan fingerprint density at radius 3 is 2.93 bits per heavy atom. The van der Waals surface area contributed by atoms with E-state index in [1.807, 2.05) is 30.3 Å². The highest BCUT2D eigenvalue weighted by atomic mass is 35.5. The molecule has 0 saturated carbocycles. The first kappa shape index (κ1) is 20.2. The lowest BCUT2D eigenvalue weighted by Gasteiger charge is -2.08. The summed E-state index contributed by atoms with van der Waals surface area (Å²) < 4.78 is 6.91. The Hall–Kier alpha value is -3.10. The predicted octanol–water partition coefficient (Wildman–Crippen LogP) is 3.77. The minimum absolute atomic E-state index is 0.166. The number of benzene rings is 2. The second-order valence-corrected chi connectivity index (χ2v) is 7.37. The van der Waals surface area contributed by atoms with Crippen LogP contribution in [-0.4, -0.2) is 39.6 Å². The van der Waals surface area contributed by atoms with Crippen molar-refractivity contribution in [3.05, 3.63) is 70.0 Å². The van der Waals surface area contributed by atoms with Gasteiger partial charge < -0.3 is 9.57 Å². The lowest BCUT2D eigenvalue weighted by molar-refractivity contribution is -0.125. The average Bonchev–Trinajstić information content (AvgIpc) is 3.40. The van der Waals surface area contributed by atoms with Crippen molar-refractivity contribution in [3.63, 3.8) is 0 Å². The van der Waals surface area contributed by atoms with E-state index >= 15 is 0 Å². The number of oxime groups is 1. The summed E-state index contributed by atoms with van der Waals surface area (Å²) in [5.41, 5.74) is 2.26. The highest BCUT2D eigenvalue weighted by Gasteiger charge is 2.30. The van der Waals surface area contributed by atoms with Crippen molar-refractivity contribution >= 4 is 40.8 Å². The van der Waals surface area contributed by atoms with E-state index < -0.39 is 6.10 Å². The van der Waals surface area contributed by atoms with Crippen molar-refractivity contribution in [1.29, 1.82) is 0 Å². The topological polar surface area (TPSA) is 90.6 Å². The predicted molar refractivity (Wildman–Crippen MR) is 113 cm³/mol. The average molecular weight is 446 g/mol. The molecular formula is C20H17Cl2N5O3. The van der Waals surface area contributed by atoms with Gasteiger partial charge in [0, 0.05) is 22.0 Å². The van der Waals surface area contributed by atoms with E-state index in [2.05, 4.69) is 20.6 Å². The molecule has 30 heavy (non-hydrogen) atoms. The highest BCUT2D eigenvalue weighted by Crippen LogP contribution is 2.25. The molecule has 1 atom stereocenters. The van der Waals surface area contributed by atoms with E-state index in [4.69, 9.17) is 32.8 Å². The van der Waals surface area contributed by atoms with Gasteiger partial charge in [-0.1, -0.05) is 46.6 Å². The van der Waals surface area contributed by atoms with Gasteiger partial charge in [0.1, 0.15) is 12.1 Å². The minimum Gasteiger partial charge on any atom is -0.496 e. The molecule has 2 aromatic carbocycles. The Morgan fingerprint density at radius 1 is 1.30 bits per heavy atom. The van der Waals surface area contributed by atoms with Gasteiger partial charge in [0.05, 0.1) is 19.4 Å². The molecule has 2 heterocycles. The van der Waals surface area contributed by atoms with Crippen molar-refractivity contribution in [2.24, 2.45) is 5.16 Å². The fourth-order valence-corrected chi connectivity index (χ4v) is 3.47. The number of para-hydroxylation sites is 1. The molecule has 1 amide bonds. The summed E-state index contributed by atoms with van der Waals surface area (Å²) >= 11 is 12.1. The van der Waals surface area contributed by atoms with Crippen LogP contribution in [0, 0.1) is 0 Å². The van der Waals surface area contributed by atoms with Crippen molar-refractivity contribution in [2.45, 2.75) is 19.1 Å². The Bertz CT molecular complexity index is 1120. The number of amides is 1. The van der Waals surface area contributed by atoms with E-state index in [1.54, 1.807) is 23.9 Å². The molecule has 1 aliphatic heterocycles. The highest BCUT2D eigenvalue weighted by molar-refractivity contribution is 6.35. The van der Waals surface area contributed by atoms with Crippen molar-refractivity contribution < 1.29 is 14.4 Å². The fourth-order valence-electron chi connectivity index (χ4n) is 3.00. The Labute approximate surface area is 182 Å². The van der Waals surface area contributed by atoms with Crippen LogP contribution in [0.25, 0.3) is 0 Å². The minimum atomic E-state index is -0.775. The molecule has 1 aromatic heterocycles. The molecule has 0 radical (unpaired) electrons. The Morgan fingerprint density at radius 2 is 2.13 bits per heavy atom. The summed E-state index contributed by atoms with van der Waals surface area (Å²) in [6.07, 6.45) is 1.04. The number of nitrogens with zero attached hydrogens (tertiary/aromatic N) is 4. The first-order valence-corrected chi connectivity index (χ1v) is 9.79. The smallest absolute Gasteiger partial charge is 0.271 e. The molecule has 10 heteroatoms. The number of hydrogen-bond acceptors (Lipinski definition) is 6. The first-order valence-electron chi connectivity index (χ1n) is 9.04. The molecule has 0 spiro atoms. The van der Waals surface area contributed by atoms with Crippen LogP contribution in [0.4, 0.5) is 5.95 Å². The van der Waals surface area contributed by atoms with E-state index in [0.717, 1.165) is 11.1 Å². The summed E-state index contributed by atoms with van der Waals surface area (Å²) in [7, 11) is 1.58. The third-order valence-electron chi connectivity index (χ3n) is 4.50. The maximum absolute atomic E-state index is 12.5. The largest absolute Gasteiger partial charge is 0.496 e. The van der Waals surface area contributed by atoms with Crippen molar-refractivity contribution in [2.75, 3.05) is 12.4 Å². The van der Waals surface area contributed by atoms with Crippen LogP contribution in [0.3, 0.4) is 0 Å². The maximum Gasteiger partial charge on any atom is 0.271 e.